The third kappa shape index (κ3) is 3.09. The van der Waals surface area contributed by atoms with E-state index in [2.05, 4.69) is 54.4 Å². The molecule has 0 saturated carbocycles. The fourth-order valence-corrected chi connectivity index (χ4v) is 1.60. The molecule has 0 aromatic carbocycles. The van der Waals surface area contributed by atoms with Crippen LogP contribution in [0.15, 0.2) is 18.5 Å². The minimum atomic E-state index is 0.350. The molecule has 12 heavy (non-hydrogen) atoms. The first-order valence-corrected chi connectivity index (χ1v) is 5.15. The molecule has 0 aliphatic rings. The van der Waals surface area contributed by atoms with Gasteiger partial charge in [-0.1, -0.05) is 20.8 Å². The Labute approximate surface area is 87.7 Å². The summed E-state index contributed by atoms with van der Waals surface area (Å²) in [5.41, 5.74) is 1.70. The molecule has 0 saturated heterocycles. The number of rotatable bonds is 1. The Morgan fingerprint density at radius 2 is 2.08 bits per heavy atom. The van der Waals surface area contributed by atoms with Crippen LogP contribution < -0.4 is 0 Å². The van der Waals surface area contributed by atoms with Gasteiger partial charge in [0, 0.05) is 16.0 Å². The maximum absolute atomic E-state index is 4.12. The molecule has 0 radical (unpaired) electrons. The van der Waals surface area contributed by atoms with Crippen LogP contribution in [0.2, 0.25) is 0 Å². The normalized spacial score (nSPS) is 11.7. The largest absolute Gasteiger partial charge is 0.264 e. The van der Waals surface area contributed by atoms with Gasteiger partial charge < -0.3 is 0 Å². The number of nitrogens with zero attached hydrogens (tertiary/aromatic N) is 1. The third-order valence-electron chi connectivity index (χ3n) is 1.56. The van der Waals surface area contributed by atoms with Gasteiger partial charge in [-0.3, -0.25) is 4.98 Å². The van der Waals surface area contributed by atoms with Crippen LogP contribution in [-0.2, 0) is 6.42 Å². The Balaban J connectivity index is 2.83. The van der Waals surface area contributed by atoms with Gasteiger partial charge in [0.05, 0.1) is 0 Å². The molecular weight excluding hydrogens is 261 g/mol. The van der Waals surface area contributed by atoms with Crippen molar-refractivity contribution in [3.63, 3.8) is 0 Å². The van der Waals surface area contributed by atoms with Crippen LogP contribution in [0.1, 0.15) is 26.3 Å². The summed E-state index contributed by atoms with van der Waals surface area (Å²) in [4.78, 5) is 4.12. The monoisotopic (exact) mass is 275 g/mol. The maximum Gasteiger partial charge on any atom is 0.0310 e. The maximum atomic E-state index is 4.12. The smallest absolute Gasteiger partial charge is 0.0310 e. The summed E-state index contributed by atoms with van der Waals surface area (Å²) >= 11 is 2.36. The summed E-state index contributed by atoms with van der Waals surface area (Å²) in [6, 6.07) is 2.06. The fourth-order valence-electron chi connectivity index (χ4n) is 1.11. The van der Waals surface area contributed by atoms with Gasteiger partial charge in [0.2, 0.25) is 0 Å². The molecule has 1 nitrogen and oxygen atoms in total. The van der Waals surface area contributed by atoms with Crippen molar-refractivity contribution in [2.45, 2.75) is 27.2 Å². The Bertz CT molecular complexity index is 263. The van der Waals surface area contributed by atoms with E-state index < -0.39 is 0 Å². The molecule has 0 atom stereocenters. The van der Waals surface area contributed by atoms with Crippen molar-refractivity contribution in [1.29, 1.82) is 0 Å². The lowest BCUT2D eigenvalue weighted by atomic mass is 9.89. The SMILES string of the molecule is CC(C)(C)Cc1cnccc1I. The lowest BCUT2D eigenvalue weighted by molar-refractivity contribution is 0.410. The molecule has 1 heterocycles. The van der Waals surface area contributed by atoms with Crippen LogP contribution >= 0.6 is 22.6 Å². The minimum Gasteiger partial charge on any atom is -0.264 e. The molecule has 0 aliphatic heterocycles. The van der Waals surface area contributed by atoms with Gasteiger partial charge in [0.1, 0.15) is 0 Å². The number of aromatic nitrogens is 1. The Hall–Kier alpha value is -0.120. The Morgan fingerprint density at radius 3 is 2.58 bits per heavy atom. The zero-order chi connectivity index (χ0) is 9.19. The van der Waals surface area contributed by atoms with Crippen LogP contribution in [0.4, 0.5) is 0 Å². The molecule has 1 aromatic rings. The van der Waals surface area contributed by atoms with Crippen molar-refractivity contribution in [3.8, 4) is 0 Å². The number of hydrogen-bond donors (Lipinski definition) is 0. The topological polar surface area (TPSA) is 12.9 Å². The van der Waals surface area contributed by atoms with Crippen molar-refractivity contribution in [2.75, 3.05) is 0 Å². The molecule has 0 unspecified atom stereocenters. The summed E-state index contributed by atoms with van der Waals surface area (Å²) < 4.78 is 1.32. The van der Waals surface area contributed by atoms with Gasteiger partial charge in [-0.2, -0.15) is 0 Å². The van der Waals surface area contributed by atoms with Gasteiger partial charge in [-0.15, -0.1) is 0 Å². The average molecular weight is 275 g/mol. The first kappa shape index (κ1) is 9.96. The van der Waals surface area contributed by atoms with Crippen molar-refractivity contribution < 1.29 is 0 Å². The summed E-state index contributed by atoms with van der Waals surface area (Å²) in [6.45, 7) is 6.74. The van der Waals surface area contributed by atoms with Gasteiger partial charge in [0.25, 0.3) is 0 Å². The number of pyridine rings is 1. The molecule has 0 spiro atoms. The van der Waals surface area contributed by atoms with Crippen molar-refractivity contribution in [1.82, 2.24) is 4.98 Å². The highest BCUT2D eigenvalue weighted by Gasteiger charge is 2.12. The molecule has 1 rings (SSSR count). The van der Waals surface area contributed by atoms with E-state index in [0.29, 0.717) is 5.41 Å². The molecule has 1 aromatic heterocycles. The van der Waals surface area contributed by atoms with Gasteiger partial charge >= 0.3 is 0 Å². The van der Waals surface area contributed by atoms with Gasteiger partial charge in [-0.25, -0.2) is 0 Å². The fraction of sp³-hybridized carbons (Fsp3) is 0.500. The van der Waals surface area contributed by atoms with Crippen molar-refractivity contribution in [2.24, 2.45) is 5.41 Å². The van der Waals surface area contributed by atoms with E-state index >= 15 is 0 Å². The first-order chi connectivity index (χ1) is 5.49. The van der Waals surface area contributed by atoms with Gasteiger partial charge in [0.15, 0.2) is 0 Å². The molecule has 66 valence electrons. The molecule has 0 bridgehead atoms. The second-order valence-electron chi connectivity index (χ2n) is 4.20. The summed E-state index contributed by atoms with van der Waals surface area (Å²) in [5.74, 6) is 0. The molecule has 0 amide bonds. The molecule has 0 N–H and O–H groups in total. The van der Waals surface area contributed by atoms with E-state index in [1.807, 2.05) is 12.4 Å². The van der Waals surface area contributed by atoms with Crippen LogP contribution in [0.3, 0.4) is 0 Å². The van der Waals surface area contributed by atoms with E-state index in [4.69, 9.17) is 0 Å². The van der Waals surface area contributed by atoms with E-state index in [9.17, 15) is 0 Å². The quantitative estimate of drug-likeness (QED) is 0.717. The van der Waals surface area contributed by atoms with Gasteiger partial charge in [-0.05, 0) is 46.1 Å². The lowest BCUT2D eigenvalue weighted by Gasteiger charge is -2.18. The second-order valence-corrected chi connectivity index (χ2v) is 5.37. The number of hydrogen-bond acceptors (Lipinski definition) is 1. The van der Waals surface area contributed by atoms with E-state index in [-0.39, 0.29) is 0 Å². The standard InChI is InChI=1S/C10H14IN/c1-10(2,3)6-8-7-12-5-4-9(8)11/h4-5,7H,6H2,1-3H3. The third-order valence-corrected chi connectivity index (χ3v) is 2.62. The highest BCUT2D eigenvalue weighted by molar-refractivity contribution is 14.1. The molecule has 0 aliphatic carbocycles. The predicted molar refractivity (Wildman–Crippen MR) is 60.1 cm³/mol. The zero-order valence-corrected chi connectivity index (χ0v) is 9.92. The molecular formula is C10H14IN. The van der Waals surface area contributed by atoms with Crippen LogP contribution in [0.25, 0.3) is 0 Å². The average Bonchev–Trinajstić information content (AvgIpc) is 1.91. The second kappa shape index (κ2) is 3.73. The van der Waals surface area contributed by atoms with E-state index in [0.717, 1.165) is 6.42 Å². The summed E-state index contributed by atoms with van der Waals surface area (Å²) in [7, 11) is 0. The predicted octanol–water partition coefficient (Wildman–Crippen LogP) is 3.27. The first-order valence-electron chi connectivity index (χ1n) is 4.07. The van der Waals surface area contributed by atoms with Crippen LogP contribution in [0.5, 0.6) is 0 Å². The van der Waals surface area contributed by atoms with Crippen LogP contribution in [0, 0.1) is 8.99 Å². The number of halogens is 1. The lowest BCUT2D eigenvalue weighted by Crippen LogP contribution is -2.10. The van der Waals surface area contributed by atoms with Crippen molar-refractivity contribution >= 4 is 22.6 Å². The zero-order valence-electron chi connectivity index (χ0n) is 7.76. The van der Waals surface area contributed by atoms with E-state index in [1.54, 1.807) is 0 Å². The van der Waals surface area contributed by atoms with Crippen LogP contribution in [-0.4, -0.2) is 4.98 Å². The Morgan fingerprint density at radius 1 is 1.42 bits per heavy atom. The minimum absolute atomic E-state index is 0.350. The summed E-state index contributed by atoms with van der Waals surface area (Å²) in [6.07, 6.45) is 4.90. The summed E-state index contributed by atoms with van der Waals surface area (Å²) in [5, 5.41) is 0. The molecule has 0 fully saturated rings. The van der Waals surface area contributed by atoms with E-state index in [1.165, 1.54) is 9.13 Å². The Kier molecular flexibility index (Phi) is 3.09. The highest BCUT2D eigenvalue weighted by Crippen LogP contribution is 2.22. The molecule has 2 heteroatoms. The highest BCUT2D eigenvalue weighted by atomic mass is 127. The van der Waals surface area contributed by atoms with Crippen molar-refractivity contribution in [3.05, 3.63) is 27.6 Å².